The van der Waals surface area contributed by atoms with Gasteiger partial charge in [-0.1, -0.05) is 0 Å². The first-order valence-electron chi connectivity index (χ1n) is 6.80. The summed E-state index contributed by atoms with van der Waals surface area (Å²) in [5, 5.41) is 19.1. The van der Waals surface area contributed by atoms with E-state index in [4.69, 9.17) is 5.26 Å². The molecule has 3 rings (SSSR count). The van der Waals surface area contributed by atoms with E-state index in [1.807, 2.05) is 6.07 Å². The highest BCUT2D eigenvalue weighted by Crippen LogP contribution is 2.32. The van der Waals surface area contributed by atoms with Gasteiger partial charge in [-0.05, 0) is 12.8 Å². The number of hydrogen-bond acceptors (Lipinski definition) is 4. The molecule has 9 heteroatoms. The van der Waals surface area contributed by atoms with E-state index in [1.165, 1.54) is 0 Å². The fourth-order valence-electron chi connectivity index (χ4n) is 2.78. The molecule has 122 valence electrons. The maximum Gasteiger partial charge on any atom is 0.185 e. The lowest BCUT2D eigenvalue weighted by atomic mass is 9.93. The van der Waals surface area contributed by atoms with Crippen molar-refractivity contribution in [2.24, 2.45) is 0 Å². The molecule has 1 fully saturated rings. The van der Waals surface area contributed by atoms with Gasteiger partial charge in [0.15, 0.2) is 17.3 Å². The first kappa shape index (κ1) is 17.1. The summed E-state index contributed by atoms with van der Waals surface area (Å²) in [5.74, 6) is -3.22. The molecule has 1 N–H and O–H groups in total. The van der Waals surface area contributed by atoms with Crippen molar-refractivity contribution in [3.8, 4) is 6.07 Å². The van der Waals surface area contributed by atoms with Gasteiger partial charge in [0.25, 0.3) is 0 Å². The molecule has 0 amide bonds. The molecular formula is C14H13ClF3N5. The van der Waals surface area contributed by atoms with Gasteiger partial charge < -0.3 is 4.90 Å². The molecule has 1 aromatic heterocycles. The van der Waals surface area contributed by atoms with Crippen molar-refractivity contribution in [3.05, 3.63) is 41.0 Å². The van der Waals surface area contributed by atoms with Crippen LogP contribution in [-0.2, 0) is 0 Å². The number of halogens is 4. The molecule has 0 bridgehead atoms. The highest BCUT2D eigenvalue weighted by atomic mass is 35.5. The number of nitrogens with zero attached hydrogens (tertiary/aromatic N) is 4. The van der Waals surface area contributed by atoms with Gasteiger partial charge in [0, 0.05) is 31.1 Å². The van der Waals surface area contributed by atoms with Crippen LogP contribution < -0.4 is 4.90 Å². The third-order valence-electron chi connectivity index (χ3n) is 3.82. The van der Waals surface area contributed by atoms with Gasteiger partial charge in [-0.2, -0.15) is 15.6 Å². The Bertz CT molecular complexity index is 742. The van der Waals surface area contributed by atoms with Gasteiger partial charge in [-0.25, -0.2) is 13.2 Å². The normalized spacial score (nSPS) is 17.5. The lowest BCUT2D eigenvalue weighted by Gasteiger charge is -2.33. The average Bonchev–Trinajstić information content (AvgIpc) is 2.99. The third kappa shape index (κ3) is 3.24. The summed E-state index contributed by atoms with van der Waals surface area (Å²) in [7, 11) is 0. The lowest BCUT2D eigenvalue weighted by Crippen LogP contribution is -2.35. The molecule has 2 heterocycles. The number of nitrogens with one attached hydrogen (secondary N) is 1. The van der Waals surface area contributed by atoms with Crippen LogP contribution >= 0.6 is 12.4 Å². The molecule has 0 aliphatic carbocycles. The number of benzene rings is 1. The van der Waals surface area contributed by atoms with Crippen molar-refractivity contribution in [2.45, 2.75) is 18.8 Å². The van der Waals surface area contributed by atoms with Crippen molar-refractivity contribution in [1.29, 1.82) is 5.26 Å². The Morgan fingerprint density at radius 3 is 2.65 bits per heavy atom. The third-order valence-corrected chi connectivity index (χ3v) is 3.82. The minimum absolute atomic E-state index is 0. The molecule has 1 aromatic carbocycles. The molecule has 2 aromatic rings. The van der Waals surface area contributed by atoms with Crippen molar-refractivity contribution in [1.82, 2.24) is 15.4 Å². The first-order valence-corrected chi connectivity index (χ1v) is 6.80. The second-order valence-electron chi connectivity index (χ2n) is 5.17. The number of aromatic nitrogens is 3. The standard InChI is InChI=1S/C14H12F3N5.ClH/c15-9-4-11(17)13(5-10(9)16)22-3-1-2-8(7-22)14-12(6-18)19-21-20-14;/h4-5,8H,1-3,7H2,(H,19,20,21);1H. The van der Waals surface area contributed by atoms with Crippen LogP contribution in [0.5, 0.6) is 0 Å². The van der Waals surface area contributed by atoms with Gasteiger partial charge in [-0.15, -0.1) is 17.5 Å². The summed E-state index contributed by atoms with van der Waals surface area (Å²) in [4.78, 5) is 1.64. The number of anilines is 1. The minimum Gasteiger partial charge on any atom is -0.368 e. The monoisotopic (exact) mass is 343 g/mol. The zero-order valence-corrected chi connectivity index (χ0v) is 12.7. The largest absolute Gasteiger partial charge is 0.368 e. The van der Waals surface area contributed by atoms with Crippen LogP contribution in [0.15, 0.2) is 12.1 Å². The fourth-order valence-corrected chi connectivity index (χ4v) is 2.78. The minimum atomic E-state index is -1.21. The predicted octanol–water partition coefficient (Wildman–Crippen LogP) is 2.90. The summed E-state index contributed by atoms with van der Waals surface area (Å²) in [6, 6.07) is 3.36. The molecule has 0 spiro atoms. The number of hydrogen-bond donors (Lipinski definition) is 1. The Hall–Kier alpha value is -2.27. The Kier molecular flexibility index (Phi) is 5.11. The highest BCUT2D eigenvalue weighted by molar-refractivity contribution is 5.85. The molecule has 0 saturated carbocycles. The molecule has 1 aliphatic heterocycles. The van der Waals surface area contributed by atoms with Crippen LogP contribution in [0, 0.1) is 28.8 Å². The van der Waals surface area contributed by atoms with E-state index < -0.39 is 17.5 Å². The van der Waals surface area contributed by atoms with E-state index in [2.05, 4.69) is 15.4 Å². The van der Waals surface area contributed by atoms with Crippen LogP contribution in [-0.4, -0.2) is 28.5 Å². The topological polar surface area (TPSA) is 68.6 Å². The van der Waals surface area contributed by atoms with Gasteiger partial charge >= 0.3 is 0 Å². The molecule has 0 radical (unpaired) electrons. The molecule has 23 heavy (non-hydrogen) atoms. The van der Waals surface area contributed by atoms with E-state index in [-0.39, 0.29) is 29.7 Å². The number of aromatic amines is 1. The summed E-state index contributed by atoms with van der Waals surface area (Å²) < 4.78 is 40.3. The van der Waals surface area contributed by atoms with Crippen LogP contribution in [0.3, 0.4) is 0 Å². The van der Waals surface area contributed by atoms with Gasteiger partial charge in [0.1, 0.15) is 17.6 Å². The smallest absolute Gasteiger partial charge is 0.185 e. The zero-order valence-electron chi connectivity index (χ0n) is 11.9. The van der Waals surface area contributed by atoms with Crippen molar-refractivity contribution < 1.29 is 13.2 Å². The number of piperidine rings is 1. The molecule has 1 aliphatic rings. The SMILES string of the molecule is Cl.N#Cc1n[nH]nc1C1CCCN(c2cc(F)c(F)cc2F)C1. The van der Waals surface area contributed by atoms with Gasteiger partial charge in [0.05, 0.1) is 5.69 Å². The zero-order chi connectivity index (χ0) is 15.7. The number of rotatable bonds is 2. The average molecular weight is 344 g/mol. The van der Waals surface area contributed by atoms with Crippen LogP contribution in [0.1, 0.15) is 30.1 Å². The maximum absolute atomic E-state index is 13.9. The van der Waals surface area contributed by atoms with Crippen molar-refractivity contribution >= 4 is 18.1 Å². The van der Waals surface area contributed by atoms with E-state index in [0.29, 0.717) is 24.8 Å². The summed E-state index contributed by atoms with van der Waals surface area (Å²) >= 11 is 0. The summed E-state index contributed by atoms with van der Waals surface area (Å²) in [6.45, 7) is 0.890. The van der Waals surface area contributed by atoms with Gasteiger partial charge in [0.2, 0.25) is 0 Å². The molecular weight excluding hydrogens is 331 g/mol. The molecule has 1 atom stereocenters. The van der Waals surface area contributed by atoms with Crippen LogP contribution in [0.4, 0.5) is 18.9 Å². The van der Waals surface area contributed by atoms with Crippen molar-refractivity contribution in [3.63, 3.8) is 0 Å². The number of H-pyrrole nitrogens is 1. The second kappa shape index (κ2) is 6.87. The van der Waals surface area contributed by atoms with Crippen LogP contribution in [0.25, 0.3) is 0 Å². The fraction of sp³-hybridized carbons (Fsp3) is 0.357. The summed E-state index contributed by atoms with van der Waals surface area (Å²) in [6.07, 6.45) is 1.49. The number of nitriles is 1. The highest BCUT2D eigenvalue weighted by Gasteiger charge is 2.28. The van der Waals surface area contributed by atoms with Gasteiger partial charge in [-0.3, -0.25) is 0 Å². The molecule has 5 nitrogen and oxygen atoms in total. The Morgan fingerprint density at radius 2 is 1.91 bits per heavy atom. The van der Waals surface area contributed by atoms with Crippen molar-refractivity contribution in [2.75, 3.05) is 18.0 Å². The Labute approximate surface area is 136 Å². The molecule has 1 unspecified atom stereocenters. The molecule has 1 saturated heterocycles. The Morgan fingerprint density at radius 1 is 1.17 bits per heavy atom. The quantitative estimate of drug-likeness (QED) is 0.851. The first-order chi connectivity index (χ1) is 10.6. The maximum atomic E-state index is 13.9. The summed E-state index contributed by atoms with van der Waals surface area (Å²) in [5.41, 5.74) is 0.749. The second-order valence-corrected chi connectivity index (χ2v) is 5.17. The van der Waals surface area contributed by atoms with E-state index in [1.54, 1.807) is 4.90 Å². The van der Waals surface area contributed by atoms with E-state index >= 15 is 0 Å². The Balaban J connectivity index is 0.00000192. The lowest BCUT2D eigenvalue weighted by molar-refractivity contribution is 0.475. The van der Waals surface area contributed by atoms with Crippen LogP contribution in [0.2, 0.25) is 0 Å². The van der Waals surface area contributed by atoms with E-state index in [9.17, 15) is 13.2 Å². The predicted molar refractivity (Wildman–Crippen MR) is 78.8 cm³/mol. The van der Waals surface area contributed by atoms with E-state index in [0.717, 1.165) is 18.9 Å².